The summed E-state index contributed by atoms with van der Waals surface area (Å²) in [4.78, 5) is 0. The van der Waals surface area contributed by atoms with Crippen molar-refractivity contribution in [2.24, 2.45) is 0 Å². The Bertz CT molecular complexity index is 187. The molecule has 0 atom stereocenters. The summed E-state index contributed by atoms with van der Waals surface area (Å²) in [6.07, 6.45) is 2.60. The van der Waals surface area contributed by atoms with Gasteiger partial charge in [-0.25, -0.2) is 0 Å². The van der Waals surface area contributed by atoms with Gasteiger partial charge in [-0.2, -0.15) is 0 Å². The average molecular weight is 158 g/mol. The van der Waals surface area contributed by atoms with Gasteiger partial charge in [0.15, 0.2) is 0 Å². The molecule has 0 heterocycles. The van der Waals surface area contributed by atoms with Crippen molar-refractivity contribution in [2.75, 3.05) is 0 Å². The quantitative estimate of drug-likeness (QED) is 0.617. The molecular formula is C8H12ClN. The summed E-state index contributed by atoms with van der Waals surface area (Å²) in [5.41, 5.74) is 3.10. The average Bonchev–Trinajstić information content (AvgIpc) is 1.72. The Balaban J connectivity index is 0.000000405. The SMILES string of the molecule is Cl.N.c1ccc2c(c1)CC2. The molecule has 0 bridgehead atoms. The van der Waals surface area contributed by atoms with Crippen LogP contribution in [-0.4, -0.2) is 0 Å². The summed E-state index contributed by atoms with van der Waals surface area (Å²) in [5, 5.41) is 0. The minimum Gasteiger partial charge on any atom is -0.344 e. The molecule has 0 saturated heterocycles. The van der Waals surface area contributed by atoms with Crippen molar-refractivity contribution >= 4 is 12.4 Å². The van der Waals surface area contributed by atoms with Gasteiger partial charge < -0.3 is 6.15 Å². The first-order chi connectivity index (χ1) is 3.97. The van der Waals surface area contributed by atoms with E-state index in [4.69, 9.17) is 0 Å². The zero-order valence-electron chi connectivity index (χ0n) is 5.84. The highest BCUT2D eigenvalue weighted by atomic mass is 35.5. The fraction of sp³-hybridized carbons (Fsp3) is 0.250. The van der Waals surface area contributed by atoms with Crippen LogP contribution in [0.1, 0.15) is 11.1 Å². The second-order valence-electron chi connectivity index (χ2n) is 2.27. The predicted octanol–water partition coefficient (Wildman–Crippen LogP) is 2.37. The van der Waals surface area contributed by atoms with E-state index in [2.05, 4.69) is 24.3 Å². The topological polar surface area (TPSA) is 35.0 Å². The molecule has 1 aliphatic carbocycles. The molecule has 0 radical (unpaired) electrons. The van der Waals surface area contributed by atoms with Crippen LogP contribution in [0.4, 0.5) is 0 Å². The molecule has 1 aliphatic rings. The van der Waals surface area contributed by atoms with E-state index >= 15 is 0 Å². The molecule has 2 rings (SSSR count). The van der Waals surface area contributed by atoms with Crippen molar-refractivity contribution in [1.82, 2.24) is 6.15 Å². The van der Waals surface area contributed by atoms with Crippen LogP contribution in [0, 0.1) is 0 Å². The van der Waals surface area contributed by atoms with E-state index in [1.807, 2.05) is 0 Å². The highest BCUT2D eigenvalue weighted by Crippen LogP contribution is 2.20. The van der Waals surface area contributed by atoms with Gasteiger partial charge in [-0.3, -0.25) is 0 Å². The van der Waals surface area contributed by atoms with Crippen molar-refractivity contribution in [3.8, 4) is 0 Å². The first-order valence-electron chi connectivity index (χ1n) is 3.03. The summed E-state index contributed by atoms with van der Waals surface area (Å²) in [6.45, 7) is 0. The first-order valence-corrected chi connectivity index (χ1v) is 3.03. The Morgan fingerprint density at radius 1 is 0.900 bits per heavy atom. The van der Waals surface area contributed by atoms with Gasteiger partial charge >= 0.3 is 0 Å². The van der Waals surface area contributed by atoms with Crippen LogP contribution >= 0.6 is 12.4 Å². The van der Waals surface area contributed by atoms with E-state index < -0.39 is 0 Å². The lowest BCUT2D eigenvalue weighted by Gasteiger charge is -2.16. The second-order valence-corrected chi connectivity index (χ2v) is 2.27. The molecule has 1 nitrogen and oxygen atoms in total. The molecule has 0 fully saturated rings. The molecule has 3 N–H and O–H groups in total. The van der Waals surface area contributed by atoms with E-state index in [-0.39, 0.29) is 18.6 Å². The number of aryl methyl sites for hydroxylation is 2. The molecule has 0 aliphatic heterocycles. The smallest absolute Gasteiger partial charge is 0.0235 e. The lowest BCUT2D eigenvalue weighted by Crippen LogP contribution is -2.06. The van der Waals surface area contributed by atoms with Crippen molar-refractivity contribution in [3.05, 3.63) is 35.4 Å². The number of benzene rings is 1. The maximum atomic E-state index is 2.21. The molecule has 1 aromatic carbocycles. The molecule has 0 saturated carbocycles. The standard InChI is InChI=1S/C8H8.ClH.H3N/c1-2-4-8-6-5-7(8)3-1;;/h1-4H,5-6H2;1H;1H3. The van der Waals surface area contributed by atoms with E-state index in [1.165, 1.54) is 12.8 Å². The highest BCUT2D eigenvalue weighted by molar-refractivity contribution is 5.85. The van der Waals surface area contributed by atoms with Gasteiger partial charge in [-0.15, -0.1) is 12.4 Å². The van der Waals surface area contributed by atoms with Crippen molar-refractivity contribution < 1.29 is 0 Å². The van der Waals surface area contributed by atoms with Gasteiger partial charge in [0.1, 0.15) is 0 Å². The molecule has 56 valence electrons. The largest absolute Gasteiger partial charge is 0.344 e. The van der Waals surface area contributed by atoms with Gasteiger partial charge in [0.05, 0.1) is 0 Å². The maximum Gasteiger partial charge on any atom is -0.0235 e. The molecular weight excluding hydrogens is 146 g/mol. The van der Waals surface area contributed by atoms with Crippen LogP contribution in [0.15, 0.2) is 24.3 Å². The molecule has 2 heteroatoms. The van der Waals surface area contributed by atoms with Crippen molar-refractivity contribution in [1.29, 1.82) is 0 Å². The highest BCUT2D eigenvalue weighted by Gasteiger charge is 2.09. The van der Waals surface area contributed by atoms with Crippen LogP contribution < -0.4 is 6.15 Å². The summed E-state index contributed by atoms with van der Waals surface area (Å²) in [6, 6.07) is 8.63. The summed E-state index contributed by atoms with van der Waals surface area (Å²) >= 11 is 0. The third kappa shape index (κ3) is 1.31. The van der Waals surface area contributed by atoms with Crippen LogP contribution in [0.3, 0.4) is 0 Å². The van der Waals surface area contributed by atoms with Crippen LogP contribution in [0.2, 0.25) is 0 Å². The van der Waals surface area contributed by atoms with E-state index in [9.17, 15) is 0 Å². The summed E-state index contributed by atoms with van der Waals surface area (Å²) in [5.74, 6) is 0. The van der Waals surface area contributed by atoms with E-state index in [1.54, 1.807) is 11.1 Å². The molecule has 0 spiro atoms. The first kappa shape index (κ1) is 9.47. The van der Waals surface area contributed by atoms with Crippen LogP contribution in [-0.2, 0) is 12.8 Å². The number of hydrogen-bond acceptors (Lipinski definition) is 1. The van der Waals surface area contributed by atoms with Gasteiger partial charge in [0, 0.05) is 0 Å². The van der Waals surface area contributed by atoms with Gasteiger partial charge in [0.2, 0.25) is 0 Å². The lowest BCUT2D eigenvalue weighted by atomic mass is 9.89. The molecule has 10 heavy (non-hydrogen) atoms. The Labute approximate surface area is 67.4 Å². The Hall–Kier alpha value is -0.530. The number of fused-ring (bicyclic) bond motifs is 1. The normalized spacial score (nSPS) is 11.6. The molecule has 0 amide bonds. The third-order valence-corrected chi connectivity index (χ3v) is 1.78. The number of rotatable bonds is 0. The van der Waals surface area contributed by atoms with Gasteiger partial charge in [0.25, 0.3) is 0 Å². The third-order valence-electron chi connectivity index (χ3n) is 1.78. The molecule has 1 aromatic rings. The van der Waals surface area contributed by atoms with Crippen LogP contribution in [0.25, 0.3) is 0 Å². The Morgan fingerprint density at radius 2 is 1.30 bits per heavy atom. The van der Waals surface area contributed by atoms with Crippen molar-refractivity contribution in [3.63, 3.8) is 0 Å². The Morgan fingerprint density at radius 3 is 1.50 bits per heavy atom. The fourth-order valence-electron chi connectivity index (χ4n) is 1.14. The van der Waals surface area contributed by atoms with Crippen molar-refractivity contribution in [2.45, 2.75) is 12.8 Å². The lowest BCUT2D eigenvalue weighted by molar-refractivity contribution is 0.839. The maximum absolute atomic E-state index is 2.21. The second kappa shape index (κ2) is 3.59. The van der Waals surface area contributed by atoms with E-state index in [0.29, 0.717) is 0 Å². The zero-order valence-corrected chi connectivity index (χ0v) is 6.66. The fourth-order valence-corrected chi connectivity index (χ4v) is 1.14. The zero-order chi connectivity index (χ0) is 5.40. The summed E-state index contributed by atoms with van der Waals surface area (Å²) in [7, 11) is 0. The molecule has 0 unspecified atom stereocenters. The predicted molar refractivity (Wildman–Crippen MR) is 46.1 cm³/mol. The molecule has 0 aromatic heterocycles. The monoisotopic (exact) mass is 157 g/mol. The van der Waals surface area contributed by atoms with E-state index in [0.717, 1.165) is 0 Å². The summed E-state index contributed by atoms with van der Waals surface area (Å²) < 4.78 is 0. The number of halogens is 1. The van der Waals surface area contributed by atoms with Crippen LogP contribution in [0.5, 0.6) is 0 Å². The van der Waals surface area contributed by atoms with Gasteiger partial charge in [-0.1, -0.05) is 24.3 Å². The minimum absolute atomic E-state index is 0. The van der Waals surface area contributed by atoms with Gasteiger partial charge in [-0.05, 0) is 24.0 Å². The number of hydrogen-bond donors (Lipinski definition) is 1. The minimum atomic E-state index is 0. The Kier molecular flexibility index (Phi) is 3.40.